The van der Waals surface area contributed by atoms with Crippen molar-refractivity contribution < 1.29 is 4.42 Å². The van der Waals surface area contributed by atoms with E-state index in [1.165, 1.54) is 0 Å². The zero-order chi connectivity index (χ0) is 13.8. The number of benzene rings is 2. The Labute approximate surface area is 121 Å². The van der Waals surface area contributed by atoms with Crippen LogP contribution in [0.3, 0.4) is 0 Å². The smallest absolute Gasteiger partial charge is 0.247 e. The van der Waals surface area contributed by atoms with Gasteiger partial charge in [-0.25, -0.2) is 0 Å². The number of aromatic nitrogens is 2. The van der Waals surface area contributed by atoms with Crippen LogP contribution in [0.2, 0.25) is 5.02 Å². The first-order chi connectivity index (χ1) is 9.81. The molecule has 0 saturated heterocycles. The minimum atomic E-state index is 0.474. The van der Waals surface area contributed by atoms with E-state index >= 15 is 0 Å². The molecular formula is C15H12ClN3O. The van der Waals surface area contributed by atoms with Gasteiger partial charge in [0.15, 0.2) is 0 Å². The predicted octanol–water partition coefficient (Wildman–Crippen LogP) is 4.00. The van der Waals surface area contributed by atoms with E-state index in [0.29, 0.717) is 23.3 Å². The van der Waals surface area contributed by atoms with Crippen molar-refractivity contribution in [1.82, 2.24) is 10.2 Å². The number of nitrogens with one attached hydrogen (secondary N) is 1. The molecule has 0 saturated carbocycles. The number of rotatable bonds is 4. The monoisotopic (exact) mass is 285 g/mol. The summed E-state index contributed by atoms with van der Waals surface area (Å²) < 4.78 is 5.60. The van der Waals surface area contributed by atoms with Crippen LogP contribution in [0.25, 0.3) is 11.5 Å². The van der Waals surface area contributed by atoms with Gasteiger partial charge in [0.2, 0.25) is 11.8 Å². The molecule has 3 aromatic rings. The van der Waals surface area contributed by atoms with Crippen molar-refractivity contribution in [2.24, 2.45) is 0 Å². The molecule has 1 aromatic heterocycles. The zero-order valence-electron chi connectivity index (χ0n) is 10.6. The first kappa shape index (κ1) is 12.7. The second kappa shape index (κ2) is 5.75. The molecule has 0 aliphatic carbocycles. The highest BCUT2D eigenvalue weighted by atomic mass is 35.5. The molecule has 0 fully saturated rings. The van der Waals surface area contributed by atoms with Gasteiger partial charge in [-0.2, -0.15) is 0 Å². The van der Waals surface area contributed by atoms with Crippen molar-refractivity contribution in [2.45, 2.75) is 6.54 Å². The second-order valence-electron chi connectivity index (χ2n) is 4.23. The van der Waals surface area contributed by atoms with Crippen LogP contribution in [-0.4, -0.2) is 10.2 Å². The van der Waals surface area contributed by atoms with E-state index in [1.54, 1.807) is 0 Å². The lowest BCUT2D eigenvalue weighted by Crippen LogP contribution is -1.99. The predicted molar refractivity (Wildman–Crippen MR) is 78.5 cm³/mol. The highest BCUT2D eigenvalue weighted by molar-refractivity contribution is 6.30. The summed E-state index contributed by atoms with van der Waals surface area (Å²) in [7, 11) is 0. The Morgan fingerprint density at radius 3 is 2.45 bits per heavy atom. The third-order valence-electron chi connectivity index (χ3n) is 2.78. The molecule has 0 unspecified atom stereocenters. The van der Waals surface area contributed by atoms with E-state index in [2.05, 4.69) is 15.5 Å². The van der Waals surface area contributed by atoms with Gasteiger partial charge in [-0.15, -0.1) is 10.2 Å². The Bertz CT molecular complexity index is 680. The third-order valence-corrected chi connectivity index (χ3v) is 3.03. The lowest BCUT2D eigenvalue weighted by Gasteiger charge is -2.02. The van der Waals surface area contributed by atoms with E-state index in [-0.39, 0.29) is 0 Å². The Hall–Kier alpha value is -2.33. The Morgan fingerprint density at radius 2 is 1.70 bits per heavy atom. The van der Waals surface area contributed by atoms with Crippen LogP contribution in [0.1, 0.15) is 5.89 Å². The average Bonchev–Trinajstić information content (AvgIpc) is 2.97. The number of halogens is 1. The van der Waals surface area contributed by atoms with Crippen LogP contribution in [0, 0.1) is 0 Å². The summed E-state index contributed by atoms with van der Waals surface area (Å²) in [6.45, 7) is 0.474. The molecule has 1 heterocycles. The molecule has 0 aliphatic rings. The molecule has 4 nitrogen and oxygen atoms in total. The van der Waals surface area contributed by atoms with E-state index in [1.807, 2.05) is 54.6 Å². The highest BCUT2D eigenvalue weighted by Gasteiger charge is 2.07. The van der Waals surface area contributed by atoms with Crippen molar-refractivity contribution >= 4 is 17.3 Å². The second-order valence-corrected chi connectivity index (χ2v) is 4.66. The maximum Gasteiger partial charge on any atom is 0.247 e. The van der Waals surface area contributed by atoms with E-state index in [0.717, 1.165) is 11.3 Å². The summed E-state index contributed by atoms with van der Waals surface area (Å²) in [5, 5.41) is 12.0. The van der Waals surface area contributed by atoms with Crippen molar-refractivity contribution in [3.05, 3.63) is 65.5 Å². The summed E-state index contributed by atoms with van der Waals surface area (Å²) in [6, 6.07) is 17.1. The quantitative estimate of drug-likeness (QED) is 0.787. The number of anilines is 1. The number of nitrogens with zero attached hydrogens (tertiary/aromatic N) is 2. The Kier molecular flexibility index (Phi) is 3.65. The van der Waals surface area contributed by atoms with Crippen LogP contribution in [0.15, 0.2) is 59.0 Å². The van der Waals surface area contributed by atoms with Gasteiger partial charge in [-0.05, 0) is 36.4 Å². The van der Waals surface area contributed by atoms with Crippen molar-refractivity contribution in [2.75, 3.05) is 5.32 Å². The molecule has 2 aromatic carbocycles. The summed E-state index contributed by atoms with van der Waals surface area (Å²) in [5.74, 6) is 1.07. The fraction of sp³-hybridized carbons (Fsp3) is 0.0667. The Morgan fingerprint density at radius 1 is 0.950 bits per heavy atom. The van der Waals surface area contributed by atoms with E-state index in [4.69, 9.17) is 16.0 Å². The molecule has 1 N–H and O–H groups in total. The maximum absolute atomic E-state index is 5.83. The molecule has 3 rings (SSSR count). The minimum absolute atomic E-state index is 0.474. The van der Waals surface area contributed by atoms with Gasteiger partial charge in [-0.1, -0.05) is 29.8 Å². The molecule has 0 aliphatic heterocycles. The lowest BCUT2D eigenvalue weighted by atomic mass is 10.2. The molecule has 100 valence electrons. The first-order valence-electron chi connectivity index (χ1n) is 6.18. The highest BCUT2D eigenvalue weighted by Crippen LogP contribution is 2.18. The fourth-order valence-corrected chi connectivity index (χ4v) is 1.89. The summed E-state index contributed by atoms with van der Waals surface area (Å²) >= 11 is 5.83. The van der Waals surface area contributed by atoms with Gasteiger partial charge < -0.3 is 9.73 Å². The topological polar surface area (TPSA) is 51.0 Å². The molecule has 0 bridgehead atoms. The van der Waals surface area contributed by atoms with Gasteiger partial charge in [0.1, 0.15) is 0 Å². The average molecular weight is 286 g/mol. The van der Waals surface area contributed by atoms with Crippen molar-refractivity contribution in [1.29, 1.82) is 0 Å². The van der Waals surface area contributed by atoms with Gasteiger partial charge in [0.05, 0.1) is 6.54 Å². The van der Waals surface area contributed by atoms with Gasteiger partial charge in [0, 0.05) is 16.3 Å². The lowest BCUT2D eigenvalue weighted by molar-refractivity contribution is 0.515. The number of hydrogen-bond acceptors (Lipinski definition) is 4. The molecule has 20 heavy (non-hydrogen) atoms. The van der Waals surface area contributed by atoms with Crippen LogP contribution in [0.4, 0.5) is 5.69 Å². The Balaban J connectivity index is 1.67. The SMILES string of the molecule is Clc1ccc(NCc2nnc(-c3ccccc3)o2)cc1. The summed E-state index contributed by atoms with van der Waals surface area (Å²) in [5.41, 5.74) is 1.87. The summed E-state index contributed by atoms with van der Waals surface area (Å²) in [4.78, 5) is 0. The van der Waals surface area contributed by atoms with Crippen LogP contribution in [0.5, 0.6) is 0 Å². The summed E-state index contributed by atoms with van der Waals surface area (Å²) in [6.07, 6.45) is 0. The molecule has 5 heteroatoms. The van der Waals surface area contributed by atoms with Gasteiger partial charge >= 0.3 is 0 Å². The van der Waals surface area contributed by atoms with Crippen LogP contribution < -0.4 is 5.32 Å². The molecular weight excluding hydrogens is 274 g/mol. The molecule has 0 radical (unpaired) electrons. The maximum atomic E-state index is 5.83. The zero-order valence-corrected chi connectivity index (χ0v) is 11.3. The van der Waals surface area contributed by atoms with Gasteiger partial charge in [-0.3, -0.25) is 0 Å². The molecule has 0 amide bonds. The van der Waals surface area contributed by atoms with E-state index in [9.17, 15) is 0 Å². The number of hydrogen-bond donors (Lipinski definition) is 1. The third kappa shape index (κ3) is 2.97. The van der Waals surface area contributed by atoms with Crippen LogP contribution in [-0.2, 0) is 6.54 Å². The standard InChI is InChI=1S/C15H12ClN3O/c16-12-6-8-13(9-7-12)17-10-14-18-19-15(20-14)11-4-2-1-3-5-11/h1-9,17H,10H2. The van der Waals surface area contributed by atoms with E-state index < -0.39 is 0 Å². The molecule has 0 atom stereocenters. The minimum Gasteiger partial charge on any atom is -0.419 e. The first-order valence-corrected chi connectivity index (χ1v) is 6.56. The van der Waals surface area contributed by atoms with Gasteiger partial charge in [0.25, 0.3) is 0 Å². The largest absolute Gasteiger partial charge is 0.419 e. The van der Waals surface area contributed by atoms with Crippen molar-refractivity contribution in [3.63, 3.8) is 0 Å². The van der Waals surface area contributed by atoms with Crippen molar-refractivity contribution in [3.8, 4) is 11.5 Å². The van der Waals surface area contributed by atoms with Crippen LogP contribution >= 0.6 is 11.6 Å². The normalized spacial score (nSPS) is 10.4. The fourth-order valence-electron chi connectivity index (χ4n) is 1.77. The molecule has 0 spiro atoms.